The number of nitrogens with one attached hydrogen (secondary N) is 1. The van der Waals surface area contributed by atoms with Gasteiger partial charge in [-0.3, -0.25) is 14.3 Å². The Labute approximate surface area is 240 Å². The van der Waals surface area contributed by atoms with E-state index in [4.69, 9.17) is 5.73 Å². The number of rotatable bonds is 6. The van der Waals surface area contributed by atoms with Gasteiger partial charge in [0.05, 0.1) is 11.8 Å². The van der Waals surface area contributed by atoms with Gasteiger partial charge >= 0.3 is 0 Å². The number of aryl methyl sites for hydroxylation is 1. The van der Waals surface area contributed by atoms with Gasteiger partial charge in [-0.2, -0.15) is 5.10 Å². The number of nitrogen functional groups attached to an aromatic ring is 1. The third kappa shape index (κ3) is 5.79. The van der Waals surface area contributed by atoms with Crippen molar-refractivity contribution in [1.82, 2.24) is 25.0 Å². The molecule has 0 aliphatic carbocycles. The van der Waals surface area contributed by atoms with Gasteiger partial charge in [0.15, 0.2) is 0 Å². The summed E-state index contributed by atoms with van der Waals surface area (Å²) in [7, 11) is 1.83. The molecule has 2 aromatic heterocycles. The van der Waals surface area contributed by atoms with Crippen LogP contribution >= 0.6 is 0 Å². The third-order valence-electron chi connectivity index (χ3n) is 8.02. The minimum Gasteiger partial charge on any atom is -0.383 e. The van der Waals surface area contributed by atoms with E-state index >= 15 is 0 Å². The topological polar surface area (TPSA) is 109 Å². The molecule has 9 nitrogen and oxygen atoms in total. The van der Waals surface area contributed by atoms with Crippen molar-refractivity contribution >= 4 is 23.3 Å². The van der Waals surface area contributed by atoms with Gasteiger partial charge in [-0.1, -0.05) is 24.3 Å². The number of nitrogens with zero attached hydrogens (tertiary/aromatic N) is 5. The van der Waals surface area contributed by atoms with Crippen LogP contribution in [0.15, 0.2) is 73.2 Å². The first-order valence-corrected chi connectivity index (χ1v) is 14.2. The lowest BCUT2D eigenvalue weighted by Gasteiger charge is -2.29. The Kier molecular flexibility index (Phi) is 7.41. The average Bonchev–Trinajstić information content (AvgIpc) is 3.66. The smallest absolute Gasteiger partial charge is 0.255 e. The number of nitrogens with two attached hydrogens (primary N) is 1. The van der Waals surface area contributed by atoms with Crippen LogP contribution in [0.5, 0.6) is 0 Å². The van der Waals surface area contributed by atoms with Crippen molar-refractivity contribution in [2.75, 3.05) is 36.8 Å². The van der Waals surface area contributed by atoms with E-state index in [-0.39, 0.29) is 23.7 Å². The number of anilines is 2. The van der Waals surface area contributed by atoms with Crippen LogP contribution in [0.25, 0.3) is 22.3 Å². The lowest BCUT2D eigenvalue weighted by molar-refractivity contribution is 0.0783. The molecule has 0 bridgehead atoms. The van der Waals surface area contributed by atoms with Crippen LogP contribution in [0, 0.1) is 0 Å². The van der Waals surface area contributed by atoms with Crippen molar-refractivity contribution in [2.45, 2.75) is 31.7 Å². The molecule has 4 aromatic rings. The van der Waals surface area contributed by atoms with Crippen molar-refractivity contribution in [3.05, 3.63) is 84.3 Å². The summed E-state index contributed by atoms with van der Waals surface area (Å²) in [6.45, 7) is 3.19. The normalized spacial score (nSPS) is 17.0. The maximum atomic E-state index is 13.5. The lowest BCUT2D eigenvalue weighted by atomic mass is 10.0. The van der Waals surface area contributed by atoms with Crippen LogP contribution in [0.3, 0.4) is 0 Å². The van der Waals surface area contributed by atoms with Crippen molar-refractivity contribution in [3.63, 3.8) is 0 Å². The first-order chi connectivity index (χ1) is 19.9. The van der Waals surface area contributed by atoms with Crippen molar-refractivity contribution in [2.24, 2.45) is 7.05 Å². The number of amides is 2. The standard InChI is InChI=1S/C32H35N7O2/c1-37-20-26(19-35-37)25-17-29(30(33)34-18-25)31(40)36-27-11-14-39(21-27)32(41)24-9-5-7-22(15-24)23-8-6-10-28(16-23)38-12-3-2-4-13-38/h5-10,15-20,27H,2-4,11-14,21H2,1H3,(H2,33,34)(H,36,40)/t27-/m1/s1. The summed E-state index contributed by atoms with van der Waals surface area (Å²) in [5.74, 6) is -0.159. The highest BCUT2D eigenvalue weighted by Gasteiger charge is 2.29. The molecular weight excluding hydrogens is 514 g/mol. The van der Waals surface area contributed by atoms with Crippen LogP contribution in [-0.4, -0.2) is 63.7 Å². The summed E-state index contributed by atoms with van der Waals surface area (Å²) < 4.78 is 1.69. The number of hydrogen-bond acceptors (Lipinski definition) is 6. The quantitative estimate of drug-likeness (QED) is 0.370. The van der Waals surface area contributed by atoms with E-state index in [1.807, 2.05) is 36.3 Å². The Hall–Kier alpha value is -4.66. The van der Waals surface area contributed by atoms with Gasteiger partial charge in [0.2, 0.25) is 0 Å². The molecule has 6 rings (SSSR count). The lowest BCUT2D eigenvalue weighted by Crippen LogP contribution is -2.38. The molecule has 0 radical (unpaired) electrons. The zero-order chi connectivity index (χ0) is 28.3. The summed E-state index contributed by atoms with van der Waals surface area (Å²) in [6.07, 6.45) is 9.64. The van der Waals surface area contributed by atoms with Crippen LogP contribution in [-0.2, 0) is 7.05 Å². The number of aromatic nitrogens is 3. The highest BCUT2D eigenvalue weighted by Crippen LogP contribution is 2.28. The molecule has 0 unspecified atom stereocenters. The van der Waals surface area contributed by atoms with Crippen LogP contribution < -0.4 is 16.0 Å². The van der Waals surface area contributed by atoms with Gasteiger partial charge in [-0.25, -0.2) is 4.98 Å². The molecule has 2 saturated heterocycles. The Morgan fingerprint density at radius 2 is 1.68 bits per heavy atom. The average molecular weight is 550 g/mol. The summed E-state index contributed by atoms with van der Waals surface area (Å²) in [4.78, 5) is 35.1. The molecular formula is C32H35N7O2. The number of piperidine rings is 1. The predicted molar refractivity (Wildman–Crippen MR) is 161 cm³/mol. The van der Waals surface area contributed by atoms with E-state index in [9.17, 15) is 9.59 Å². The number of carbonyl (C=O) groups is 2. The second kappa shape index (κ2) is 11.4. The molecule has 0 saturated carbocycles. The summed E-state index contributed by atoms with van der Waals surface area (Å²) in [5.41, 5.74) is 12.0. The van der Waals surface area contributed by atoms with Crippen LogP contribution in [0.4, 0.5) is 11.5 Å². The predicted octanol–water partition coefficient (Wildman–Crippen LogP) is 4.37. The summed E-state index contributed by atoms with van der Waals surface area (Å²) in [5, 5.41) is 7.24. The van der Waals surface area contributed by atoms with Crippen molar-refractivity contribution in [1.29, 1.82) is 0 Å². The fourth-order valence-electron chi connectivity index (χ4n) is 5.76. The van der Waals surface area contributed by atoms with Gasteiger partial charge in [0.25, 0.3) is 11.8 Å². The van der Waals surface area contributed by atoms with Crippen LogP contribution in [0.1, 0.15) is 46.4 Å². The van der Waals surface area contributed by atoms with Crippen molar-refractivity contribution < 1.29 is 9.59 Å². The Balaban J connectivity index is 1.12. The number of carbonyl (C=O) groups excluding carboxylic acids is 2. The maximum Gasteiger partial charge on any atom is 0.255 e. The molecule has 2 aliphatic rings. The van der Waals surface area contributed by atoms with Gasteiger partial charge in [0, 0.05) is 74.0 Å². The molecule has 0 spiro atoms. The monoisotopic (exact) mass is 549 g/mol. The van der Waals surface area contributed by atoms with Crippen molar-refractivity contribution in [3.8, 4) is 22.3 Å². The number of hydrogen-bond donors (Lipinski definition) is 2. The molecule has 41 heavy (non-hydrogen) atoms. The van der Waals surface area contributed by atoms with E-state index in [0.717, 1.165) is 35.3 Å². The Morgan fingerprint density at radius 3 is 2.46 bits per heavy atom. The fraction of sp³-hybridized carbons (Fsp3) is 0.312. The largest absolute Gasteiger partial charge is 0.383 e. The zero-order valence-corrected chi connectivity index (χ0v) is 23.3. The molecule has 2 aliphatic heterocycles. The first-order valence-electron chi connectivity index (χ1n) is 14.2. The molecule has 210 valence electrons. The van der Waals surface area contributed by atoms with Gasteiger partial charge in [-0.05, 0) is 67.1 Å². The highest BCUT2D eigenvalue weighted by molar-refractivity contribution is 6.00. The van der Waals surface area contributed by atoms with E-state index in [0.29, 0.717) is 30.6 Å². The Morgan fingerprint density at radius 1 is 0.902 bits per heavy atom. The minimum atomic E-state index is -0.296. The van der Waals surface area contributed by atoms with Gasteiger partial charge in [0.1, 0.15) is 5.82 Å². The molecule has 2 amide bonds. The summed E-state index contributed by atoms with van der Waals surface area (Å²) in [6, 6.07) is 18.0. The van der Waals surface area contributed by atoms with E-state index in [1.54, 1.807) is 23.1 Å². The molecule has 4 heterocycles. The van der Waals surface area contributed by atoms with E-state index < -0.39 is 0 Å². The molecule has 3 N–H and O–H groups in total. The number of pyridine rings is 1. The number of benzene rings is 2. The number of likely N-dealkylation sites (tertiary alicyclic amines) is 1. The second-order valence-corrected chi connectivity index (χ2v) is 10.9. The highest BCUT2D eigenvalue weighted by atomic mass is 16.2. The maximum absolute atomic E-state index is 13.5. The van der Waals surface area contributed by atoms with Gasteiger partial charge in [-0.15, -0.1) is 0 Å². The molecule has 2 aromatic carbocycles. The molecule has 2 fully saturated rings. The van der Waals surface area contributed by atoms with E-state index in [1.165, 1.54) is 24.9 Å². The van der Waals surface area contributed by atoms with Gasteiger partial charge < -0.3 is 20.9 Å². The molecule has 1 atom stereocenters. The Bertz CT molecular complexity index is 1570. The minimum absolute atomic E-state index is 0.0319. The van der Waals surface area contributed by atoms with Crippen LogP contribution in [0.2, 0.25) is 0 Å². The molecule has 9 heteroatoms. The third-order valence-corrected chi connectivity index (χ3v) is 8.02. The zero-order valence-electron chi connectivity index (χ0n) is 23.3. The van der Waals surface area contributed by atoms with E-state index in [2.05, 4.69) is 50.6 Å². The fourth-order valence-corrected chi connectivity index (χ4v) is 5.76. The SMILES string of the molecule is Cn1cc(-c2cnc(N)c(C(=O)N[C@@H]3CCN(C(=O)c4cccc(-c5cccc(N6CCCCC6)c5)c4)C3)c2)cn1. The summed E-state index contributed by atoms with van der Waals surface area (Å²) >= 11 is 0. The second-order valence-electron chi connectivity index (χ2n) is 10.9. The first kappa shape index (κ1) is 26.6.